The van der Waals surface area contributed by atoms with Gasteiger partial charge in [0, 0.05) is 6.20 Å². The Morgan fingerprint density at radius 1 is 1.64 bits per heavy atom. The average Bonchev–Trinajstić information content (AvgIpc) is 2.18. The zero-order valence-corrected chi connectivity index (χ0v) is 8.20. The van der Waals surface area contributed by atoms with Crippen molar-refractivity contribution in [2.75, 3.05) is 19.3 Å². The number of nitrogens with one attached hydrogen (secondary N) is 1. The topological polar surface area (TPSA) is 71.2 Å². The smallest absolute Gasteiger partial charge is 0.165 e. The third kappa shape index (κ3) is 3.06. The van der Waals surface area contributed by atoms with Crippen LogP contribution in [0.1, 0.15) is 12.0 Å². The standard InChI is InChI=1S/C10H15N3O/c1-12-5-3-2-4-8-6-9(14)10(11)13-7-8/h2,4,6-7,12,14H,3,5H2,1H3,(H2,11,13). The van der Waals surface area contributed by atoms with Gasteiger partial charge in [0.2, 0.25) is 0 Å². The van der Waals surface area contributed by atoms with Gasteiger partial charge in [0.25, 0.3) is 0 Å². The van der Waals surface area contributed by atoms with Gasteiger partial charge in [-0.05, 0) is 31.6 Å². The molecule has 0 radical (unpaired) electrons. The van der Waals surface area contributed by atoms with Crippen molar-refractivity contribution in [1.29, 1.82) is 0 Å². The lowest BCUT2D eigenvalue weighted by Gasteiger charge is -1.98. The Balaban J connectivity index is 2.59. The van der Waals surface area contributed by atoms with Crippen LogP contribution in [-0.2, 0) is 0 Å². The number of aromatic nitrogens is 1. The second-order valence-electron chi connectivity index (χ2n) is 2.97. The fraction of sp³-hybridized carbons (Fsp3) is 0.300. The third-order valence-electron chi connectivity index (χ3n) is 1.79. The van der Waals surface area contributed by atoms with Crippen LogP contribution in [0.3, 0.4) is 0 Å². The molecule has 0 aliphatic heterocycles. The maximum Gasteiger partial charge on any atom is 0.165 e. The fourth-order valence-corrected chi connectivity index (χ4v) is 1.02. The van der Waals surface area contributed by atoms with Gasteiger partial charge in [-0.1, -0.05) is 12.2 Å². The van der Waals surface area contributed by atoms with Gasteiger partial charge in [-0.15, -0.1) is 0 Å². The molecular formula is C10H15N3O. The van der Waals surface area contributed by atoms with E-state index < -0.39 is 0 Å². The van der Waals surface area contributed by atoms with Gasteiger partial charge in [-0.3, -0.25) is 0 Å². The number of nitrogens with two attached hydrogens (primary N) is 1. The third-order valence-corrected chi connectivity index (χ3v) is 1.79. The summed E-state index contributed by atoms with van der Waals surface area (Å²) in [6, 6.07) is 1.60. The van der Waals surface area contributed by atoms with E-state index in [0.717, 1.165) is 18.5 Å². The highest BCUT2D eigenvalue weighted by Crippen LogP contribution is 2.18. The lowest BCUT2D eigenvalue weighted by atomic mass is 10.2. The number of hydrogen-bond acceptors (Lipinski definition) is 4. The number of rotatable bonds is 4. The first kappa shape index (κ1) is 10.5. The molecule has 1 rings (SSSR count). The van der Waals surface area contributed by atoms with Gasteiger partial charge in [-0.25, -0.2) is 4.98 Å². The molecule has 4 nitrogen and oxygen atoms in total. The molecule has 0 atom stereocenters. The van der Waals surface area contributed by atoms with Crippen molar-refractivity contribution in [2.45, 2.75) is 6.42 Å². The Bertz CT molecular complexity index is 323. The second kappa shape index (κ2) is 5.24. The fourth-order valence-electron chi connectivity index (χ4n) is 1.02. The molecule has 76 valence electrons. The second-order valence-corrected chi connectivity index (χ2v) is 2.97. The Morgan fingerprint density at radius 3 is 3.07 bits per heavy atom. The summed E-state index contributed by atoms with van der Waals surface area (Å²) in [6.07, 6.45) is 6.50. The summed E-state index contributed by atoms with van der Waals surface area (Å²) in [6.45, 7) is 0.935. The summed E-state index contributed by atoms with van der Waals surface area (Å²) in [7, 11) is 1.91. The molecule has 0 aromatic carbocycles. The van der Waals surface area contributed by atoms with Crippen LogP contribution in [0.15, 0.2) is 18.3 Å². The van der Waals surface area contributed by atoms with E-state index in [1.807, 2.05) is 19.2 Å². The minimum absolute atomic E-state index is 0.0285. The molecule has 0 spiro atoms. The number of nitrogen functional groups attached to an aromatic ring is 1. The minimum Gasteiger partial charge on any atom is -0.504 e. The molecule has 0 bridgehead atoms. The molecular weight excluding hydrogens is 178 g/mol. The maximum absolute atomic E-state index is 9.27. The first-order valence-corrected chi connectivity index (χ1v) is 4.49. The van der Waals surface area contributed by atoms with Crippen LogP contribution in [0.4, 0.5) is 5.82 Å². The summed E-state index contributed by atoms with van der Waals surface area (Å²) in [5, 5.41) is 12.3. The van der Waals surface area contributed by atoms with Crippen LogP contribution in [0, 0.1) is 0 Å². The number of hydrogen-bond donors (Lipinski definition) is 3. The molecule has 1 aromatic rings. The van der Waals surface area contributed by atoms with E-state index in [2.05, 4.69) is 10.3 Å². The lowest BCUT2D eigenvalue weighted by molar-refractivity contribution is 0.475. The number of pyridine rings is 1. The average molecular weight is 193 g/mol. The normalized spacial score (nSPS) is 10.9. The predicted octanol–water partition coefficient (Wildman–Crippen LogP) is 0.992. The van der Waals surface area contributed by atoms with Crippen molar-refractivity contribution in [2.24, 2.45) is 0 Å². The first-order valence-electron chi connectivity index (χ1n) is 4.49. The van der Waals surface area contributed by atoms with Crippen LogP contribution in [-0.4, -0.2) is 23.7 Å². The Hall–Kier alpha value is -1.55. The molecule has 1 heterocycles. The molecule has 0 aliphatic rings. The quantitative estimate of drug-likeness (QED) is 0.624. The van der Waals surface area contributed by atoms with Crippen LogP contribution in [0.2, 0.25) is 0 Å². The van der Waals surface area contributed by atoms with Gasteiger partial charge in [0.1, 0.15) is 0 Å². The SMILES string of the molecule is CNCCC=Cc1cnc(N)c(O)c1. The molecule has 4 N–H and O–H groups in total. The first-order chi connectivity index (χ1) is 6.74. The van der Waals surface area contributed by atoms with E-state index in [1.54, 1.807) is 12.3 Å². The summed E-state index contributed by atoms with van der Waals surface area (Å²) >= 11 is 0. The molecule has 1 aromatic heterocycles. The van der Waals surface area contributed by atoms with E-state index in [4.69, 9.17) is 5.73 Å². The zero-order chi connectivity index (χ0) is 10.4. The van der Waals surface area contributed by atoms with E-state index in [0.29, 0.717) is 0 Å². The van der Waals surface area contributed by atoms with Gasteiger partial charge in [-0.2, -0.15) is 0 Å². The van der Waals surface area contributed by atoms with Crippen molar-refractivity contribution < 1.29 is 5.11 Å². The summed E-state index contributed by atoms with van der Waals surface area (Å²) in [4.78, 5) is 3.84. The minimum atomic E-state index is 0.0285. The predicted molar refractivity (Wildman–Crippen MR) is 57.9 cm³/mol. The van der Waals surface area contributed by atoms with E-state index in [9.17, 15) is 5.11 Å². The lowest BCUT2D eigenvalue weighted by Crippen LogP contribution is -2.05. The van der Waals surface area contributed by atoms with Crippen molar-refractivity contribution in [3.8, 4) is 5.75 Å². The van der Waals surface area contributed by atoms with Crippen LogP contribution in [0.5, 0.6) is 5.75 Å². The van der Waals surface area contributed by atoms with Crippen molar-refractivity contribution in [3.05, 3.63) is 23.9 Å². The molecule has 0 fully saturated rings. The number of nitrogens with zero attached hydrogens (tertiary/aromatic N) is 1. The van der Waals surface area contributed by atoms with Crippen molar-refractivity contribution in [1.82, 2.24) is 10.3 Å². The van der Waals surface area contributed by atoms with E-state index in [1.165, 1.54) is 0 Å². The zero-order valence-electron chi connectivity index (χ0n) is 8.20. The monoisotopic (exact) mass is 193 g/mol. The highest BCUT2D eigenvalue weighted by atomic mass is 16.3. The van der Waals surface area contributed by atoms with Gasteiger partial charge < -0.3 is 16.2 Å². The number of aromatic hydroxyl groups is 1. The Morgan fingerprint density at radius 2 is 2.43 bits per heavy atom. The highest BCUT2D eigenvalue weighted by Gasteiger charge is 1.96. The largest absolute Gasteiger partial charge is 0.504 e. The van der Waals surface area contributed by atoms with E-state index >= 15 is 0 Å². The van der Waals surface area contributed by atoms with Crippen LogP contribution < -0.4 is 11.1 Å². The Labute approximate surface area is 83.5 Å². The molecule has 0 saturated carbocycles. The highest BCUT2D eigenvalue weighted by molar-refractivity contribution is 5.55. The van der Waals surface area contributed by atoms with Gasteiger partial charge >= 0.3 is 0 Å². The van der Waals surface area contributed by atoms with Crippen molar-refractivity contribution in [3.63, 3.8) is 0 Å². The van der Waals surface area contributed by atoms with Crippen LogP contribution in [0.25, 0.3) is 6.08 Å². The number of anilines is 1. The van der Waals surface area contributed by atoms with Gasteiger partial charge in [0.15, 0.2) is 11.6 Å². The molecule has 0 amide bonds. The summed E-state index contributed by atoms with van der Waals surface area (Å²) in [5.41, 5.74) is 6.22. The summed E-state index contributed by atoms with van der Waals surface area (Å²) in [5.74, 6) is 0.193. The molecule has 14 heavy (non-hydrogen) atoms. The Kier molecular flexibility index (Phi) is 3.94. The van der Waals surface area contributed by atoms with Crippen LogP contribution >= 0.6 is 0 Å². The van der Waals surface area contributed by atoms with Gasteiger partial charge in [0.05, 0.1) is 0 Å². The maximum atomic E-state index is 9.27. The summed E-state index contributed by atoms with van der Waals surface area (Å²) < 4.78 is 0. The molecule has 0 unspecified atom stereocenters. The van der Waals surface area contributed by atoms with Crippen molar-refractivity contribution >= 4 is 11.9 Å². The molecule has 4 heteroatoms. The van der Waals surface area contributed by atoms with E-state index in [-0.39, 0.29) is 11.6 Å². The molecule has 0 aliphatic carbocycles. The molecule has 0 saturated heterocycles.